The summed E-state index contributed by atoms with van der Waals surface area (Å²) in [6.45, 7) is 0. The van der Waals surface area contributed by atoms with Crippen molar-refractivity contribution in [1.82, 2.24) is 15.0 Å². The van der Waals surface area contributed by atoms with Crippen molar-refractivity contribution in [2.75, 3.05) is 10.6 Å². The van der Waals surface area contributed by atoms with E-state index in [9.17, 15) is 14.0 Å². The van der Waals surface area contributed by atoms with Crippen molar-refractivity contribution in [3.05, 3.63) is 93.1 Å². The van der Waals surface area contributed by atoms with E-state index in [0.29, 0.717) is 39.2 Å². The highest BCUT2D eigenvalue weighted by Crippen LogP contribution is 2.21. The number of hydrogen-bond acceptors (Lipinski definition) is 6. The van der Waals surface area contributed by atoms with Gasteiger partial charge in [-0.3, -0.25) is 14.9 Å². The maximum atomic E-state index is 13.9. The Balaban J connectivity index is 1.21. The van der Waals surface area contributed by atoms with Gasteiger partial charge in [0.25, 0.3) is 5.91 Å². The van der Waals surface area contributed by atoms with Crippen LogP contribution in [-0.2, 0) is 17.6 Å². The summed E-state index contributed by atoms with van der Waals surface area (Å²) in [5.41, 5.74) is 3.22. The monoisotopic (exact) mass is 491 g/mol. The van der Waals surface area contributed by atoms with Gasteiger partial charge in [-0.25, -0.2) is 14.4 Å². The Labute approximate surface area is 201 Å². The van der Waals surface area contributed by atoms with Gasteiger partial charge in [0.05, 0.1) is 28.0 Å². The number of carbonyl (C=O) groups is 2. The molecule has 3 aromatic heterocycles. The lowest BCUT2D eigenvalue weighted by Crippen LogP contribution is -2.15. The van der Waals surface area contributed by atoms with E-state index in [2.05, 4.69) is 25.6 Å². The summed E-state index contributed by atoms with van der Waals surface area (Å²) in [5, 5.41) is 9.62. The molecular weight excluding hydrogens is 473 g/mol. The van der Waals surface area contributed by atoms with Gasteiger partial charge in [-0.05, 0) is 41.3 Å². The number of benzene rings is 2. The molecule has 0 fully saturated rings. The molecule has 5 rings (SSSR count). The lowest BCUT2D eigenvalue weighted by molar-refractivity contribution is -0.115. The second-order valence-electron chi connectivity index (χ2n) is 7.48. The molecule has 10 heteroatoms. The molecule has 0 bridgehead atoms. The van der Waals surface area contributed by atoms with Crippen LogP contribution in [0.4, 0.5) is 15.2 Å². The molecule has 0 aliphatic heterocycles. The van der Waals surface area contributed by atoms with Gasteiger partial charge in [-0.1, -0.05) is 24.3 Å². The minimum atomic E-state index is -0.271. The molecule has 7 nitrogen and oxygen atoms in total. The summed E-state index contributed by atoms with van der Waals surface area (Å²) in [6.07, 6.45) is 0.420. The Morgan fingerprint density at radius 2 is 1.88 bits per heavy atom. The Morgan fingerprint density at radius 3 is 2.71 bits per heavy atom. The number of thiophene rings is 1. The van der Waals surface area contributed by atoms with Crippen molar-refractivity contribution in [2.45, 2.75) is 12.8 Å². The van der Waals surface area contributed by atoms with Gasteiger partial charge in [-0.2, -0.15) is 0 Å². The molecule has 0 saturated heterocycles. The first kappa shape index (κ1) is 21.9. The fraction of sp³-hybridized carbons (Fsp3) is 0.0833. The zero-order valence-electron chi connectivity index (χ0n) is 17.7. The topological polar surface area (TPSA) is 99.8 Å². The molecule has 0 saturated carbocycles. The fourth-order valence-electron chi connectivity index (χ4n) is 3.43. The number of aromatic amines is 1. The van der Waals surface area contributed by atoms with Crippen LogP contribution >= 0.6 is 22.7 Å². The number of imidazole rings is 1. The summed E-state index contributed by atoms with van der Waals surface area (Å²) >= 11 is 2.62. The third-order valence-electron chi connectivity index (χ3n) is 4.99. The van der Waals surface area contributed by atoms with Gasteiger partial charge < -0.3 is 10.3 Å². The molecule has 170 valence electrons. The summed E-state index contributed by atoms with van der Waals surface area (Å²) in [7, 11) is 0. The van der Waals surface area contributed by atoms with Gasteiger partial charge in [-0.15, -0.1) is 22.7 Å². The molecule has 0 spiro atoms. The lowest BCUT2D eigenvalue weighted by atomic mass is 10.1. The number of amides is 2. The van der Waals surface area contributed by atoms with E-state index in [1.807, 2.05) is 11.4 Å². The number of fused-ring (bicyclic) bond motifs is 1. The summed E-state index contributed by atoms with van der Waals surface area (Å²) in [6, 6.07) is 15.5. The number of nitrogens with zero attached hydrogens (tertiary/aromatic N) is 2. The summed E-state index contributed by atoms with van der Waals surface area (Å²) in [4.78, 5) is 37.3. The lowest BCUT2D eigenvalue weighted by Gasteiger charge is -2.04. The molecule has 0 aliphatic rings. The highest BCUT2D eigenvalue weighted by molar-refractivity contribution is 7.14. The largest absolute Gasteiger partial charge is 0.342 e. The quantitative estimate of drug-likeness (QED) is 0.290. The number of H-pyrrole nitrogens is 1. The van der Waals surface area contributed by atoms with Crippen molar-refractivity contribution >= 4 is 56.3 Å². The minimum Gasteiger partial charge on any atom is -0.342 e. The number of aromatic nitrogens is 3. The first-order valence-electron chi connectivity index (χ1n) is 10.3. The molecule has 2 aromatic carbocycles. The Morgan fingerprint density at radius 1 is 1.00 bits per heavy atom. The molecular formula is C24H18FN5O2S2. The number of thiazole rings is 1. The molecule has 0 aliphatic carbocycles. The van der Waals surface area contributed by atoms with E-state index in [0.717, 1.165) is 11.0 Å². The van der Waals surface area contributed by atoms with Crippen molar-refractivity contribution in [3.8, 4) is 0 Å². The molecule has 0 radical (unpaired) electrons. The second kappa shape index (κ2) is 9.54. The number of nitrogens with one attached hydrogen (secondary N) is 3. The van der Waals surface area contributed by atoms with Crippen molar-refractivity contribution < 1.29 is 14.0 Å². The molecule has 2 amide bonds. The Hall–Kier alpha value is -3.89. The van der Waals surface area contributed by atoms with Crippen molar-refractivity contribution in [2.24, 2.45) is 0 Å². The highest BCUT2D eigenvalue weighted by Gasteiger charge is 2.13. The maximum Gasteiger partial charge on any atom is 0.267 e. The van der Waals surface area contributed by atoms with E-state index >= 15 is 0 Å². The van der Waals surface area contributed by atoms with E-state index < -0.39 is 0 Å². The average Bonchev–Trinajstić information content (AvgIpc) is 3.56. The fourth-order valence-corrected chi connectivity index (χ4v) is 4.75. The van der Waals surface area contributed by atoms with Gasteiger partial charge >= 0.3 is 0 Å². The average molecular weight is 492 g/mol. The van der Waals surface area contributed by atoms with Crippen LogP contribution in [0, 0.1) is 5.82 Å². The van der Waals surface area contributed by atoms with Crippen LogP contribution in [0.2, 0.25) is 0 Å². The molecule has 34 heavy (non-hydrogen) atoms. The van der Waals surface area contributed by atoms with E-state index in [4.69, 9.17) is 0 Å². The summed E-state index contributed by atoms with van der Waals surface area (Å²) < 4.78 is 13.9. The Kier molecular flexibility index (Phi) is 6.15. The number of halogens is 1. The molecule has 5 aromatic rings. The predicted molar refractivity (Wildman–Crippen MR) is 132 cm³/mol. The second-order valence-corrected chi connectivity index (χ2v) is 9.29. The highest BCUT2D eigenvalue weighted by atomic mass is 32.1. The zero-order chi connectivity index (χ0) is 23.5. The number of carbonyl (C=O) groups excluding carboxylic acids is 2. The molecule has 0 atom stereocenters. The van der Waals surface area contributed by atoms with Gasteiger partial charge in [0.15, 0.2) is 5.13 Å². The van der Waals surface area contributed by atoms with Gasteiger partial charge in [0.1, 0.15) is 11.6 Å². The molecule has 0 unspecified atom stereocenters. The number of rotatable bonds is 7. The predicted octanol–water partition coefficient (Wildman–Crippen LogP) is 5.24. The van der Waals surface area contributed by atoms with Crippen LogP contribution in [0.15, 0.2) is 65.4 Å². The third-order valence-corrected chi connectivity index (χ3v) is 6.66. The van der Waals surface area contributed by atoms with Crippen molar-refractivity contribution in [1.29, 1.82) is 0 Å². The van der Waals surface area contributed by atoms with E-state index in [1.54, 1.807) is 47.8 Å². The molecule has 3 heterocycles. The first-order chi connectivity index (χ1) is 16.5. The first-order valence-corrected chi connectivity index (χ1v) is 12.1. The zero-order valence-corrected chi connectivity index (χ0v) is 19.3. The number of hydrogen-bond donors (Lipinski definition) is 3. The Bertz CT molecular complexity index is 1480. The van der Waals surface area contributed by atoms with Crippen LogP contribution in [0.3, 0.4) is 0 Å². The van der Waals surface area contributed by atoms with E-state index in [-0.39, 0.29) is 24.1 Å². The van der Waals surface area contributed by atoms with Crippen LogP contribution < -0.4 is 10.6 Å². The minimum absolute atomic E-state index is 0.0743. The number of anilines is 2. The van der Waals surface area contributed by atoms with Crippen LogP contribution in [0.25, 0.3) is 11.0 Å². The summed E-state index contributed by atoms with van der Waals surface area (Å²) in [5.74, 6) is -0.0789. The standard InChI is InChI=1S/C24H18FN5O2S2/c25-17-5-2-1-4-14(17)10-21-28-18-8-7-15(11-19(18)29-21)26-22(31)12-16-13-34-24(27-16)30-23(32)20-6-3-9-33-20/h1-9,11,13H,10,12H2,(H,26,31)(H,28,29)(H,27,30,32). The van der Waals surface area contributed by atoms with E-state index in [1.165, 1.54) is 28.7 Å². The van der Waals surface area contributed by atoms with Crippen LogP contribution in [-0.4, -0.2) is 26.8 Å². The van der Waals surface area contributed by atoms with Gasteiger partial charge in [0.2, 0.25) is 5.91 Å². The van der Waals surface area contributed by atoms with Crippen LogP contribution in [0.5, 0.6) is 0 Å². The normalized spacial score (nSPS) is 11.0. The SMILES string of the molecule is O=C(Cc1csc(NC(=O)c2cccs2)n1)Nc1ccc2nc(Cc3ccccc3F)[nH]c2c1. The van der Waals surface area contributed by atoms with Gasteiger partial charge in [0, 0.05) is 17.5 Å². The maximum absolute atomic E-state index is 13.9. The smallest absolute Gasteiger partial charge is 0.267 e. The van der Waals surface area contributed by atoms with Crippen LogP contribution in [0.1, 0.15) is 26.8 Å². The van der Waals surface area contributed by atoms with Crippen molar-refractivity contribution in [3.63, 3.8) is 0 Å². The molecule has 3 N–H and O–H groups in total. The third kappa shape index (κ3) is 5.03.